The first-order chi connectivity index (χ1) is 8.65. The van der Waals surface area contributed by atoms with Crippen molar-refractivity contribution in [3.8, 4) is 0 Å². The monoisotopic (exact) mass is 250 g/mol. The third-order valence-electron chi connectivity index (χ3n) is 3.65. The van der Waals surface area contributed by atoms with E-state index in [9.17, 15) is 0 Å². The average Bonchev–Trinajstić information content (AvgIpc) is 2.78. The molecule has 1 N–H and O–H groups in total. The van der Waals surface area contributed by atoms with E-state index in [-0.39, 0.29) is 0 Å². The summed E-state index contributed by atoms with van der Waals surface area (Å²) in [5, 5.41) is 8.02. The summed E-state index contributed by atoms with van der Waals surface area (Å²) in [6.45, 7) is 8.84. The van der Waals surface area contributed by atoms with Crippen molar-refractivity contribution in [3.63, 3.8) is 0 Å². The van der Waals surface area contributed by atoms with Crippen molar-refractivity contribution in [3.05, 3.63) is 18.0 Å². The number of rotatable bonds is 5. The smallest absolute Gasteiger partial charge is 0.0764 e. The summed E-state index contributed by atoms with van der Waals surface area (Å²) in [7, 11) is 2.20. The molecule has 0 spiro atoms. The largest absolute Gasteiger partial charge is 0.317 e. The fourth-order valence-corrected chi connectivity index (χ4v) is 2.60. The summed E-state index contributed by atoms with van der Waals surface area (Å²) in [5.41, 5.74) is 1.18. The molecule has 2 heterocycles. The summed E-state index contributed by atoms with van der Waals surface area (Å²) >= 11 is 0. The molecule has 4 heteroatoms. The van der Waals surface area contributed by atoms with Gasteiger partial charge in [-0.1, -0.05) is 0 Å². The summed E-state index contributed by atoms with van der Waals surface area (Å²) < 4.78 is 2.04. The standard InChI is InChI=1S/C14H26N4/c1-12(2)18-9-6-14(16-18)11-17(3)10-13-4-7-15-8-5-13/h6,9,12-13,15H,4-5,7-8,10-11H2,1-3H3. The molecule has 2 rings (SSSR count). The minimum atomic E-state index is 0.452. The van der Waals surface area contributed by atoms with Crippen molar-refractivity contribution in [2.75, 3.05) is 26.7 Å². The lowest BCUT2D eigenvalue weighted by Crippen LogP contribution is -2.34. The Kier molecular flexibility index (Phi) is 4.78. The lowest BCUT2D eigenvalue weighted by atomic mass is 9.98. The molecule has 0 amide bonds. The molecule has 0 aromatic carbocycles. The van der Waals surface area contributed by atoms with Gasteiger partial charge in [0.2, 0.25) is 0 Å². The van der Waals surface area contributed by atoms with Crippen molar-refractivity contribution < 1.29 is 0 Å². The summed E-state index contributed by atoms with van der Waals surface area (Å²) in [6, 6.07) is 2.59. The van der Waals surface area contributed by atoms with Gasteiger partial charge in [0.05, 0.1) is 5.69 Å². The molecule has 0 unspecified atom stereocenters. The van der Waals surface area contributed by atoms with E-state index in [0.29, 0.717) is 6.04 Å². The maximum absolute atomic E-state index is 4.61. The Bertz CT molecular complexity index is 352. The van der Waals surface area contributed by atoms with Crippen LogP contribution in [0.3, 0.4) is 0 Å². The van der Waals surface area contributed by atoms with E-state index in [2.05, 4.69) is 48.5 Å². The number of nitrogens with zero attached hydrogens (tertiary/aromatic N) is 3. The predicted octanol–water partition coefficient (Wildman–Crippen LogP) is 1.90. The fourth-order valence-electron chi connectivity index (χ4n) is 2.60. The van der Waals surface area contributed by atoms with Crippen LogP contribution in [0.15, 0.2) is 12.3 Å². The van der Waals surface area contributed by atoms with E-state index in [1.807, 2.05) is 4.68 Å². The van der Waals surface area contributed by atoms with E-state index in [1.165, 1.54) is 38.2 Å². The van der Waals surface area contributed by atoms with E-state index >= 15 is 0 Å². The Balaban J connectivity index is 1.80. The zero-order chi connectivity index (χ0) is 13.0. The molecule has 1 fully saturated rings. The van der Waals surface area contributed by atoms with Crippen molar-refractivity contribution in [2.45, 2.75) is 39.3 Å². The SMILES string of the molecule is CC(C)n1ccc(CN(C)CC2CCNCC2)n1. The van der Waals surface area contributed by atoms with Gasteiger partial charge in [-0.3, -0.25) is 4.68 Å². The van der Waals surface area contributed by atoms with Gasteiger partial charge >= 0.3 is 0 Å². The molecule has 1 saturated heterocycles. The van der Waals surface area contributed by atoms with Gasteiger partial charge in [-0.25, -0.2) is 0 Å². The first kappa shape index (κ1) is 13.6. The zero-order valence-corrected chi connectivity index (χ0v) is 11.9. The Morgan fingerprint density at radius 3 is 2.78 bits per heavy atom. The molecule has 4 nitrogen and oxygen atoms in total. The van der Waals surface area contributed by atoms with Crippen LogP contribution >= 0.6 is 0 Å². The molecule has 1 aromatic rings. The molecule has 0 saturated carbocycles. The Morgan fingerprint density at radius 1 is 1.44 bits per heavy atom. The second kappa shape index (κ2) is 6.34. The highest BCUT2D eigenvalue weighted by molar-refractivity contribution is 4.99. The molecule has 1 aromatic heterocycles. The average molecular weight is 250 g/mol. The van der Waals surface area contributed by atoms with Crippen molar-refractivity contribution >= 4 is 0 Å². The van der Waals surface area contributed by atoms with Gasteiger partial charge in [0.25, 0.3) is 0 Å². The summed E-state index contributed by atoms with van der Waals surface area (Å²) in [6.07, 6.45) is 4.70. The Hall–Kier alpha value is -0.870. The predicted molar refractivity (Wildman–Crippen MR) is 74.5 cm³/mol. The maximum Gasteiger partial charge on any atom is 0.0764 e. The van der Waals surface area contributed by atoms with Crippen molar-refractivity contribution in [1.29, 1.82) is 0 Å². The molecule has 102 valence electrons. The van der Waals surface area contributed by atoms with Crippen LogP contribution in [0.25, 0.3) is 0 Å². The Morgan fingerprint density at radius 2 is 2.17 bits per heavy atom. The van der Waals surface area contributed by atoms with E-state index < -0.39 is 0 Å². The van der Waals surface area contributed by atoms with E-state index in [1.54, 1.807) is 0 Å². The normalized spacial score (nSPS) is 17.8. The number of hydrogen-bond donors (Lipinski definition) is 1. The minimum Gasteiger partial charge on any atom is -0.317 e. The first-order valence-electron chi connectivity index (χ1n) is 7.08. The Labute approximate surface area is 110 Å². The third-order valence-corrected chi connectivity index (χ3v) is 3.65. The highest BCUT2D eigenvalue weighted by atomic mass is 15.3. The molecule has 0 radical (unpaired) electrons. The van der Waals surface area contributed by atoms with Crippen LogP contribution in [0, 0.1) is 5.92 Å². The fraction of sp³-hybridized carbons (Fsp3) is 0.786. The van der Waals surface area contributed by atoms with Gasteiger partial charge in [0.15, 0.2) is 0 Å². The molecule has 18 heavy (non-hydrogen) atoms. The second-order valence-corrected chi connectivity index (χ2v) is 5.77. The molecule has 0 aliphatic carbocycles. The number of hydrogen-bond acceptors (Lipinski definition) is 3. The highest BCUT2D eigenvalue weighted by Crippen LogP contribution is 2.14. The van der Waals surface area contributed by atoms with Gasteiger partial charge < -0.3 is 10.2 Å². The van der Waals surface area contributed by atoms with Crippen LogP contribution in [0.4, 0.5) is 0 Å². The van der Waals surface area contributed by atoms with Gasteiger partial charge in [0.1, 0.15) is 0 Å². The topological polar surface area (TPSA) is 33.1 Å². The van der Waals surface area contributed by atoms with Gasteiger partial charge in [-0.05, 0) is 58.8 Å². The van der Waals surface area contributed by atoms with E-state index in [4.69, 9.17) is 0 Å². The second-order valence-electron chi connectivity index (χ2n) is 5.77. The van der Waals surface area contributed by atoms with Crippen LogP contribution < -0.4 is 5.32 Å². The molecular weight excluding hydrogens is 224 g/mol. The molecule has 0 atom stereocenters. The number of aromatic nitrogens is 2. The molecule has 1 aliphatic heterocycles. The zero-order valence-electron chi connectivity index (χ0n) is 11.9. The minimum absolute atomic E-state index is 0.452. The van der Waals surface area contributed by atoms with Crippen LogP contribution in [0.5, 0.6) is 0 Å². The van der Waals surface area contributed by atoms with E-state index in [0.717, 1.165) is 12.5 Å². The maximum atomic E-state index is 4.61. The lowest BCUT2D eigenvalue weighted by Gasteiger charge is -2.27. The van der Waals surface area contributed by atoms with Gasteiger partial charge in [-0.15, -0.1) is 0 Å². The third kappa shape index (κ3) is 3.82. The lowest BCUT2D eigenvalue weighted by molar-refractivity contribution is 0.232. The first-order valence-corrected chi connectivity index (χ1v) is 7.08. The highest BCUT2D eigenvalue weighted by Gasteiger charge is 2.15. The van der Waals surface area contributed by atoms with Crippen molar-refractivity contribution in [2.24, 2.45) is 5.92 Å². The molecular formula is C14H26N4. The summed E-state index contributed by atoms with van der Waals surface area (Å²) in [4.78, 5) is 2.41. The number of nitrogens with one attached hydrogen (secondary N) is 1. The van der Waals surface area contributed by atoms with Crippen LogP contribution in [-0.4, -0.2) is 41.4 Å². The quantitative estimate of drug-likeness (QED) is 0.866. The van der Waals surface area contributed by atoms with Gasteiger partial charge in [-0.2, -0.15) is 5.10 Å². The molecule has 1 aliphatic rings. The molecule has 0 bridgehead atoms. The van der Waals surface area contributed by atoms with Gasteiger partial charge in [0, 0.05) is 25.3 Å². The summed E-state index contributed by atoms with van der Waals surface area (Å²) in [5.74, 6) is 0.850. The number of piperidine rings is 1. The van der Waals surface area contributed by atoms with Crippen LogP contribution in [0.1, 0.15) is 38.4 Å². The van der Waals surface area contributed by atoms with Crippen molar-refractivity contribution in [1.82, 2.24) is 20.0 Å². The van der Waals surface area contributed by atoms with Crippen LogP contribution in [-0.2, 0) is 6.54 Å². The van der Waals surface area contributed by atoms with Crippen LogP contribution in [0.2, 0.25) is 0 Å².